The minimum atomic E-state index is -0.288. The molecule has 2 aromatic rings. The number of nitrogen functional groups attached to an aromatic ring is 1. The van der Waals surface area contributed by atoms with Gasteiger partial charge in [0.25, 0.3) is 0 Å². The molecule has 0 atom stereocenters. The SMILES string of the molecule is CCn1c(C2CCCC2)nc(-c2cc(Br)ccc2F)c1N. The van der Waals surface area contributed by atoms with Crippen LogP contribution in [0.15, 0.2) is 22.7 Å². The van der Waals surface area contributed by atoms with Crippen LogP contribution in [0.4, 0.5) is 10.2 Å². The zero-order chi connectivity index (χ0) is 15.0. The molecule has 3 nitrogen and oxygen atoms in total. The standard InChI is InChI=1S/C16H19BrFN3/c1-2-21-15(19)14(12-9-11(17)7-8-13(12)18)20-16(21)10-5-3-4-6-10/h7-10H,2-6,19H2,1H3. The highest BCUT2D eigenvalue weighted by Crippen LogP contribution is 2.38. The number of nitrogens with two attached hydrogens (primary N) is 1. The van der Waals surface area contributed by atoms with E-state index in [2.05, 4.69) is 22.9 Å². The first-order valence-corrected chi connectivity index (χ1v) is 8.22. The molecule has 0 unspecified atom stereocenters. The van der Waals surface area contributed by atoms with E-state index in [0.717, 1.165) is 29.7 Å². The summed E-state index contributed by atoms with van der Waals surface area (Å²) in [5.74, 6) is 1.75. The quantitative estimate of drug-likeness (QED) is 0.869. The number of hydrogen-bond acceptors (Lipinski definition) is 2. The molecule has 0 amide bonds. The molecule has 1 aromatic carbocycles. The highest BCUT2D eigenvalue weighted by atomic mass is 79.9. The molecule has 2 N–H and O–H groups in total. The van der Waals surface area contributed by atoms with Gasteiger partial charge in [-0.15, -0.1) is 0 Å². The third-order valence-corrected chi connectivity index (χ3v) is 4.75. The minimum absolute atomic E-state index is 0.288. The summed E-state index contributed by atoms with van der Waals surface area (Å²) >= 11 is 3.38. The van der Waals surface area contributed by atoms with Gasteiger partial charge in [0.05, 0.1) is 0 Å². The zero-order valence-corrected chi connectivity index (χ0v) is 13.7. The van der Waals surface area contributed by atoms with E-state index in [4.69, 9.17) is 10.7 Å². The van der Waals surface area contributed by atoms with Crippen molar-refractivity contribution in [2.75, 3.05) is 5.73 Å². The lowest BCUT2D eigenvalue weighted by molar-refractivity contribution is 0.604. The topological polar surface area (TPSA) is 43.8 Å². The Kier molecular flexibility index (Phi) is 4.02. The number of halogens is 2. The summed E-state index contributed by atoms with van der Waals surface area (Å²) in [7, 11) is 0. The van der Waals surface area contributed by atoms with Crippen LogP contribution in [-0.4, -0.2) is 9.55 Å². The molecule has 0 radical (unpaired) electrons. The van der Waals surface area contributed by atoms with Crippen LogP contribution in [0.5, 0.6) is 0 Å². The maximum absolute atomic E-state index is 14.1. The molecule has 5 heteroatoms. The van der Waals surface area contributed by atoms with E-state index in [1.54, 1.807) is 12.1 Å². The van der Waals surface area contributed by atoms with Crippen LogP contribution < -0.4 is 5.73 Å². The molecule has 0 saturated heterocycles. The third-order valence-electron chi connectivity index (χ3n) is 4.26. The van der Waals surface area contributed by atoms with E-state index < -0.39 is 0 Å². The molecule has 1 aromatic heterocycles. The summed E-state index contributed by atoms with van der Waals surface area (Å²) in [6.07, 6.45) is 4.77. The Labute approximate surface area is 132 Å². The molecule has 1 saturated carbocycles. The smallest absolute Gasteiger partial charge is 0.132 e. The second kappa shape index (κ2) is 5.79. The molecule has 112 valence electrons. The van der Waals surface area contributed by atoms with Crippen LogP contribution in [0.3, 0.4) is 0 Å². The summed E-state index contributed by atoms with van der Waals surface area (Å²) in [5.41, 5.74) is 7.28. The van der Waals surface area contributed by atoms with Gasteiger partial charge >= 0.3 is 0 Å². The lowest BCUT2D eigenvalue weighted by Crippen LogP contribution is -2.08. The molecular weight excluding hydrogens is 333 g/mol. The second-order valence-corrected chi connectivity index (χ2v) is 6.47. The number of aromatic nitrogens is 2. The summed E-state index contributed by atoms with van der Waals surface area (Å²) in [5, 5.41) is 0. The summed E-state index contributed by atoms with van der Waals surface area (Å²) in [6.45, 7) is 2.82. The van der Waals surface area contributed by atoms with Gasteiger partial charge in [0.2, 0.25) is 0 Å². The van der Waals surface area contributed by atoms with Gasteiger partial charge in [-0.3, -0.25) is 0 Å². The number of anilines is 1. The van der Waals surface area contributed by atoms with Crippen molar-refractivity contribution in [2.24, 2.45) is 0 Å². The van der Waals surface area contributed by atoms with Crippen molar-refractivity contribution in [3.63, 3.8) is 0 Å². The third kappa shape index (κ3) is 2.59. The number of hydrogen-bond donors (Lipinski definition) is 1. The largest absolute Gasteiger partial charge is 0.383 e. The highest BCUT2D eigenvalue weighted by molar-refractivity contribution is 9.10. The van der Waals surface area contributed by atoms with E-state index in [9.17, 15) is 4.39 Å². The van der Waals surface area contributed by atoms with Crippen LogP contribution in [-0.2, 0) is 6.54 Å². The number of nitrogens with zero attached hydrogens (tertiary/aromatic N) is 2. The van der Waals surface area contributed by atoms with E-state index in [-0.39, 0.29) is 5.82 Å². The lowest BCUT2D eigenvalue weighted by atomic mass is 10.1. The monoisotopic (exact) mass is 351 g/mol. The molecule has 1 aliphatic rings. The molecule has 0 spiro atoms. The van der Waals surface area contributed by atoms with Crippen molar-refractivity contribution in [1.82, 2.24) is 9.55 Å². The molecular formula is C16H19BrFN3. The Morgan fingerprint density at radius 3 is 2.76 bits per heavy atom. The van der Waals surface area contributed by atoms with Crippen LogP contribution in [0.2, 0.25) is 0 Å². The fraction of sp³-hybridized carbons (Fsp3) is 0.438. The van der Waals surface area contributed by atoms with Crippen LogP contribution >= 0.6 is 15.9 Å². The van der Waals surface area contributed by atoms with Gasteiger partial charge in [-0.2, -0.15) is 0 Å². The fourth-order valence-corrected chi connectivity index (χ4v) is 3.55. The number of imidazole rings is 1. The van der Waals surface area contributed by atoms with Gasteiger partial charge in [-0.1, -0.05) is 28.8 Å². The maximum atomic E-state index is 14.1. The van der Waals surface area contributed by atoms with Crippen molar-refractivity contribution in [3.8, 4) is 11.3 Å². The number of rotatable bonds is 3. The maximum Gasteiger partial charge on any atom is 0.132 e. The predicted octanol–water partition coefficient (Wildman–Crippen LogP) is 4.71. The Balaban J connectivity index is 2.12. The highest BCUT2D eigenvalue weighted by Gasteiger charge is 2.26. The van der Waals surface area contributed by atoms with Gasteiger partial charge in [-0.25, -0.2) is 9.37 Å². The van der Waals surface area contributed by atoms with Crippen molar-refractivity contribution >= 4 is 21.7 Å². The molecule has 0 bridgehead atoms. The lowest BCUT2D eigenvalue weighted by Gasteiger charge is -2.11. The van der Waals surface area contributed by atoms with E-state index in [1.807, 2.05) is 4.57 Å². The first-order chi connectivity index (χ1) is 10.1. The summed E-state index contributed by atoms with van der Waals surface area (Å²) in [4.78, 5) is 4.71. The Hall–Kier alpha value is -1.36. The van der Waals surface area contributed by atoms with E-state index in [0.29, 0.717) is 23.0 Å². The van der Waals surface area contributed by atoms with Crippen molar-refractivity contribution in [3.05, 3.63) is 34.3 Å². The van der Waals surface area contributed by atoms with Crippen molar-refractivity contribution in [2.45, 2.75) is 45.1 Å². The van der Waals surface area contributed by atoms with Gasteiger partial charge < -0.3 is 10.3 Å². The van der Waals surface area contributed by atoms with Gasteiger partial charge in [0, 0.05) is 22.5 Å². The predicted molar refractivity (Wildman–Crippen MR) is 86.6 cm³/mol. The van der Waals surface area contributed by atoms with Crippen LogP contribution in [0, 0.1) is 5.82 Å². The fourth-order valence-electron chi connectivity index (χ4n) is 3.19. The summed E-state index contributed by atoms with van der Waals surface area (Å²) in [6, 6.07) is 4.87. The van der Waals surface area contributed by atoms with Crippen LogP contribution in [0.1, 0.15) is 44.3 Å². The molecule has 1 aliphatic carbocycles. The Morgan fingerprint density at radius 1 is 1.38 bits per heavy atom. The Morgan fingerprint density at radius 2 is 2.10 bits per heavy atom. The van der Waals surface area contributed by atoms with Gasteiger partial charge in [0.15, 0.2) is 0 Å². The number of benzene rings is 1. The first kappa shape index (κ1) is 14.6. The van der Waals surface area contributed by atoms with E-state index in [1.165, 1.54) is 18.9 Å². The molecule has 0 aliphatic heterocycles. The molecule has 1 fully saturated rings. The summed E-state index contributed by atoms with van der Waals surface area (Å²) < 4.78 is 17.0. The average molecular weight is 352 g/mol. The second-order valence-electron chi connectivity index (χ2n) is 5.55. The minimum Gasteiger partial charge on any atom is -0.383 e. The van der Waals surface area contributed by atoms with Gasteiger partial charge in [0.1, 0.15) is 23.2 Å². The van der Waals surface area contributed by atoms with E-state index >= 15 is 0 Å². The molecule has 1 heterocycles. The molecule has 3 rings (SSSR count). The molecule has 21 heavy (non-hydrogen) atoms. The normalized spacial score (nSPS) is 15.8. The van der Waals surface area contributed by atoms with Crippen molar-refractivity contribution in [1.29, 1.82) is 0 Å². The van der Waals surface area contributed by atoms with Crippen LogP contribution in [0.25, 0.3) is 11.3 Å². The van der Waals surface area contributed by atoms with Crippen molar-refractivity contribution < 1.29 is 4.39 Å². The van der Waals surface area contributed by atoms with Gasteiger partial charge in [-0.05, 0) is 38.0 Å². The Bertz CT molecular complexity index is 660. The zero-order valence-electron chi connectivity index (χ0n) is 12.1. The first-order valence-electron chi connectivity index (χ1n) is 7.43. The average Bonchev–Trinajstić information content (AvgIpc) is 3.09.